The van der Waals surface area contributed by atoms with Gasteiger partial charge in [-0.05, 0) is 109 Å². The normalized spacial score (nSPS) is 15.3. The number of fused-ring (bicyclic) bond motifs is 1. The van der Waals surface area contributed by atoms with Crippen molar-refractivity contribution in [2.75, 3.05) is 33.9 Å². The van der Waals surface area contributed by atoms with Crippen LogP contribution < -0.4 is 9.47 Å². The number of aryl methyl sites for hydroxylation is 1. The largest absolute Gasteiger partial charge is 0.493 e. The number of hydrogen-bond acceptors (Lipinski definition) is 3. The third-order valence-electron chi connectivity index (χ3n) is 7.81. The Hall–Kier alpha value is -3.82. The molecule has 4 aromatic carbocycles. The van der Waals surface area contributed by atoms with Gasteiger partial charge in [-0.3, -0.25) is 0 Å². The molecule has 4 aromatic rings. The molecule has 0 saturated heterocycles. The zero-order valence-electron chi connectivity index (χ0n) is 24.1. The highest BCUT2D eigenvalue weighted by Gasteiger charge is 2.19. The zero-order valence-corrected chi connectivity index (χ0v) is 24.1. The first kappa shape index (κ1) is 27.7. The standard InChI is InChI=1S/C37H41NO2/c1-4-36(30-11-6-5-7-12-30)37(31-16-20-34(21-17-31)39-25-24-38(2)3)32-18-22-35(23-19-32)40-27-28-14-15-29-10-8-9-13-33(29)26-28/h5-13,16-23,28H,4,14-15,24-27H2,1-3H3/b37-36+. The van der Waals surface area contributed by atoms with Gasteiger partial charge in [0.1, 0.15) is 18.1 Å². The number of ether oxygens (including phenoxy) is 2. The average Bonchev–Trinajstić information content (AvgIpc) is 3.00. The van der Waals surface area contributed by atoms with E-state index in [0.29, 0.717) is 12.5 Å². The highest BCUT2D eigenvalue weighted by atomic mass is 16.5. The first-order valence-electron chi connectivity index (χ1n) is 14.6. The van der Waals surface area contributed by atoms with Crippen molar-refractivity contribution in [2.24, 2.45) is 5.92 Å². The van der Waals surface area contributed by atoms with E-state index in [4.69, 9.17) is 9.47 Å². The number of likely N-dealkylation sites (N-methyl/N-ethyl adjacent to an activating group) is 1. The van der Waals surface area contributed by atoms with Crippen LogP contribution in [0.1, 0.15) is 47.6 Å². The topological polar surface area (TPSA) is 21.7 Å². The highest BCUT2D eigenvalue weighted by molar-refractivity contribution is 5.98. The van der Waals surface area contributed by atoms with Gasteiger partial charge < -0.3 is 14.4 Å². The van der Waals surface area contributed by atoms with Crippen LogP contribution in [0.3, 0.4) is 0 Å². The minimum absolute atomic E-state index is 0.563. The molecule has 0 aromatic heterocycles. The van der Waals surface area contributed by atoms with E-state index in [1.54, 1.807) is 0 Å². The number of allylic oxidation sites excluding steroid dienone is 1. The molecule has 0 N–H and O–H groups in total. The third kappa shape index (κ3) is 7.03. The molecule has 206 valence electrons. The van der Waals surface area contributed by atoms with E-state index >= 15 is 0 Å². The molecule has 0 amide bonds. The van der Waals surface area contributed by atoms with Gasteiger partial charge in [-0.2, -0.15) is 0 Å². The van der Waals surface area contributed by atoms with Crippen LogP contribution in [0, 0.1) is 5.92 Å². The van der Waals surface area contributed by atoms with Gasteiger partial charge in [0.05, 0.1) is 6.61 Å². The second kappa shape index (κ2) is 13.5. The lowest BCUT2D eigenvalue weighted by molar-refractivity contribution is 0.234. The minimum atomic E-state index is 0.563. The van der Waals surface area contributed by atoms with Crippen molar-refractivity contribution in [3.63, 3.8) is 0 Å². The fourth-order valence-electron chi connectivity index (χ4n) is 5.59. The Morgan fingerprint density at radius 2 is 1.30 bits per heavy atom. The molecule has 0 heterocycles. The Balaban J connectivity index is 1.36. The lowest BCUT2D eigenvalue weighted by atomic mass is 9.84. The second-order valence-corrected chi connectivity index (χ2v) is 11.0. The molecular formula is C37H41NO2. The molecule has 0 radical (unpaired) electrons. The van der Waals surface area contributed by atoms with E-state index in [-0.39, 0.29) is 0 Å². The summed E-state index contributed by atoms with van der Waals surface area (Å²) in [5.41, 5.74) is 9.20. The monoisotopic (exact) mass is 531 g/mol. The van der Waals surface area contributed by atoms with Crippen LogP contribution in [-0.2, 0) is 12.8 Å². The van der Waals surface area contributed by atoms with E-state index in [1.807, 2.05) is 0 Å². The van der Waals surface area contributed by atoms with Crippen LogP contribution in [0.5, 0.6) is 11.5 Å². The van der Waals surface area contributed by atoms with Gasteiger partial charge >= 0.3 is 0 Å². The Kier molecular flexibility index (Phi) is 9.36. The van der Waals surface area contributed by atoms with Crippen molar-refractivity contribution in [3.8, 4) is 11.5 Å². The summed E-state index contributed by atoms with van der Waals surface area (Å²) in [7, 11) is 4.12. The van der Waals surface area contributed by atoms with E-state index < -0.39 is 0 Å². The maximum atomic E-state index is 6.31. The third-order valence-corrected chi connectivity index (χ3v) is 7.81. The van der Waals surface area contributed by atoms with Crippen LogP contribution in [-0.4, -0.2) is 38.8 Å². The molecule has 1 aliphatic carbocycles. The summed E-state index contributed by atoms with van der Waals surface area (Å²) in [6.07, 6.45) is 4.37. The summed E-state index contributed by atoms with van der Waals surface area (Å²) in [5.74, 6) is 2.40. The molecule has 0 aliphatic heterocycles. The molecule has 3 heteroatoms. The summed E-state index contributed by atoms with van der Waals surface area (Å²) < 4.78 is 12.3. The molecule has 1 aliphatic rings. The lowest BCUT2D eigenvalue weighted by Gasteiger charge is -2.24. The van der Waals surface area contributed by atoms with Gasteiger partial charge in [0.2, 0.25) is 0 Å². The summed E-state index contributed by atoms with van der Waals surface area (Å²) in [4.78, 5) is 2.13. The molecule has 40 heavy (non-hydrogen) atoms. The van der Waals surface area contributed by atoms with Crippen LogP contribution in [0.2, 0.25) is 0 Å². The summed E-state index contributed by atoms with van der Waals surface area (Å²) in [5, 5.41) is 0. The van der Waals surface area contributed by atoms with E-state index in [9.17, 15) is 0 Å². The molecule has 0 saturated carbocycles. The van der Waals surface area contributed by atoms with Crippen molar-refractivity contribution in [1.82, 2.24) is 4.90 Å². The zero-order chi connectivity index (χ0) is 27.7. The fourth-order valence-corrected chi connectivity index (χ4v) is 5.59. The van der Waals surface area contributed by atoms with Gasteiger partial charge in [-0.15, -0.1) is 0 Å². The fraction of sp³-hybridized carbons (Fsp3) is 0.297. The van der Waals surface area contributed by atoms with E-state index in [1.165, 1.54) is 45.4 Å². The van der Waals surface area contributed by atoms with Crippen LogP contribution in [0.15, 0.2) is 103 Å². The number of rotatable bonds is 11. The number of nitrogens with zero attached hydrogens (tertiary/aromatic N) is 1. The molecule has 0 fully saturated rings. The molecule has 5 rings (SSSR count). The summed E-state index contributed by atoms with van der Waals surface area (Å²) in [6.45, 7) is 4.56. The van der Waals surface area contributed by atoms with Gasteiger partial charge in [0.15, 0.2) is 0 Å². The number of benzene rings is 4. The maximum absolute atomic E-state index is 6.31. The molecule has 1 unspecified atom stereocenters. The van der Waals surface area contributed by atoms with Crippen molar-refractivity contribution >= 4 is 11.1 Å². The summed E-state index contributed by atoms with van der Waals surface area (Å²) >= 11 is 0. The maximum Gasteiger partial charge on any atom is 0.119 e. The molecule has 1 atom stereocenters. The van der Waals surface area contributed by atoms with Gasteiger partial charge in [-0.25, -0.2) is 0 Å². The SMILES string of the molecule is CC/C(=C(/c1ccc(OCCN(C)C)cc1)c1ccc(OCC2CCc3ccccc3C2)cc1)c1ccccc1. The lowest BCUT2D eigenvalue weighted by Crippen LogP contribution is -2.20. The first-order chi connectivity index (χ1) is 19.6. The molecular weight excluding hydrogens is 490 g/mol. The predicted molar refractivity (Wildman–Crippen MR) is 167 cm³/mol. The average molecular weight is 532 g/mol. The predicted octanol–water partition coefficient (Wildman–Crippen LogP) is 8.18. The molecule has 0 spiro atoms. The Morgan fingerprint density at radius 3 is 1.93 bits per heavy atom. The quantitative estimate of drug-likeness (QED) is 0.182. The van der Waals surface area contributed by atoms with Crippen molar-refractivity contribution < 1.29 is 9.47 Å². The minimum Gasteiger partial charge on any atom is -0.493 e. The van der Waals surface area contributed by atoms with Crippen molar-refractivity contribution in [3.05, 3.63) is 131 Å². The van der Waals surface area contributed by atoms with E-state index in [2.05, 4.69) is 129 Å². The van der Waals surface area contributed by atoms with Gasteiger partial charge in [0, 0.05) is 6.54 Å². The Morgan fingerprint density at radius 1 is 0.700 bits per heavy atom. The first-order valence-corrected chi connectivity index (χ1v) is 14.6. The summed E-state index contributed by atoms with van der Waals surface area (Å²) in [6, 6.07) is 36.8. The Bertz CT molecular complexity index is 1390. The second-order valence-electron chi connectivity index (χ2n) is 11.0. The van der Waals surface area contributed by atoms with Gasteiger partial charge in [-0.1, -0.05) is 85.8 Å². The van der Waals surface area contributed by atoms with Crippen molar-refractivity contribution in [2.45, 2.75) is 32.6 Å². The smallest absolute Gasteiger partial charge is 0.119 e. The molecule has 3 nitrogen and oxygen atoms in total. The highest BCUT2D eigenvalue weighted by Crippen LogP contribution is 2.36. The van der Waals surface area contributed by atoms with Crippen LogP contribution in [0.25, 0.3) is 11.1 Å². The Labute approximate surface area is 240 Å². The number of hydrogen-bond donors (Lipinski definition) is 0. The van der Waals surface area contributed by atoms with Gasteiger partial charge in [0.25, 0.3) is 0 Å². The van der Waals surface area contributed by atoms with Crippen LogP contribution >= 0.6 is 0 Å². The van der Waals surface area contributed by atoms with E-state index in [0.717, 1.165) is 43.9 Å². The van der Waals surface area contributed by atoms with Crippen LogP contribution in [0.4, 0.5) is 0 Å². The molecule has 0 bridgehead atoms. The van der Waals surface area contributed by atoms with Crippen molar-refractivity contribution in [1.29, 1.82) is 0 Å².